The van der Waals surface area contributed by atoms with Crippen LogP contribution in [0, 0.1) is 5.82 Å². The van der Waals surface area contributed by atoms with E-state index < -0.39 is 0 Å². The van der Waals surface area contributed by atoms with Crippen LogP contribution >= 0.6 is 0 Å². The van der Waals surface area contributed by atoms with Crippen LogP contribution in [0.25, 0.3) is 0 Å². The fourth-order valence-electron chi connectivity index (χ4n) is 1.97. The average molecular weight is 287 g/mol. The van der Waals surface area contributed by atoms with Gasteiger partial charge in [0, 0.05) is 6.54 Å². The number of hydrogen-bond donors (Lipinski definition) is 2. The molecule has 1 aromatic heterocycles. The molecule has 0 aliphatic rings. The van der Waals surface area contributed by atoms with Crippen molar-refractivity contribution in [1.29, 1.82) is 0 Å². The van der Waals surface area contributed by atoms with E-state index in [0.29, 0.717) is 17.1 Å². The highest BCUT2D eigenvalue weighted by atomic mass is 19.1. The maximum absolute atomic E-state index is 13.2. The van der Waals surface area contributed by atoms with Gasteiger partial charge in [-0.1, -0.05) is 18.2 Å². The Morgan fingerprint density at radius 3 is 2.76 bits per heavy atom. The summed E-state index contributed by atoms with van der Waals surface area (Å²) in [6.45, 7) is 4.50. The number of pyridine rings is 1. The highest BCUT2D eigenvalue weighted by Crippen LogP contribution is 2.14. The maximum atomic E-state index is 13.2. The first kappa shape index (κ1) is 15.0. The molecule has 0 bridgehead atoms. The minimum atomic E-state index is -0.319. The number of anilines is 1. The molecule has 0 aliphatic carbocycles. The monoisotopic (exact) mass is 287 g/mol. The molecule has 0 radical (unpaired) electrons. The van der Waals surface area contributed by atoms with Crippen LogP contribution in [0.4, 0.5) is 10.2 Å². The van der Waals surface area contributed by atoms with Crippen LogP contribution in [0.3, 0.4) is 0 Å². The summed E-state index contributed by atoms with van der Waals surface area (Å²) in [6, 6.07) is 11.1. The van der Waals surface area contributed by atoms with Gasteiger partial charge < -0.3 is 10.6 Å². The average Bonchev–Trinajstić information content (AvgIpc) is 2.48. The molecule has 2 aromatic rings. The Balaban J connectivity index is 2.08. The summed E-state index contributed by atoms with van der Waals surface area (Å²) in [7, 11) is 0. The van der Waals surface area contributed by atoms with Gasteiger partial charge in [0.1, 0.15) is 17.3 Å². The lowest BCUT2D eigenvalue weighted by molar-refractivity contribution is 0.0935. The van der Waals surface area contributed by atoms with Crippen molar-refractivity contribution < 1.29 is 9.18 Å². The molecule has 1 heterocycles. The number of carbonyl (C=O) groups excluding carboxylic acids is 1. The Labute approximate surface area is 123 Å². The van der Waals surface area contributed by atoms with Crippen molar-refractivity contribution in [1.82, 2.24) is 10.3 Å². The fraction of sp³-hybridized carbons (Fsp3) is 0.250. The van der Waals surface area contributed by atoms with Gasteiger partial charge in [0.15, 0.2) is 0 Å². The molecule has 1 aromatic carbocycles. The zero-order valence-electron chi connectivity index (χ0n) is 12.1. The van der Waals surface area contributed by atoms with Gasteiger partial charge in [-0.2, -0.15) is 0 Å². The van der Waals surface area contributed by atoms with E-state index in [1.807, 2.05) is 6.92 Å². The molecular formula is C16H18FN3O. The first-order chi connectivity index (χ1) is 10.1. The summed E-state index contributed by atoms with van der Waals surface area (Å²) in [5, 5.41) is 5.87. The van der Waals surface area contributed by atoms with Crippen molar-refractivity contribution in [2.75, 3.05) is 11.9 Å². The van der Waals surface area contributed by atoms with Gasteiger partial charge in [0.2, 0.25) is 0 Å². The topological polar surface area (TPSA) is 54.0 Å². The van der Waals surface area contributed by atoms with Crippen LogP contribution in [0.1, 0.15) is 35.9 Å². The number of hydrogen-bond acceptors (Lipinski definition) is 3. The smallest absolute Gasteiger partial charge is 0.270 e. The second kappa shape index (κ2) is 6.83. The molecule has 110 valence electrons. The minimum absolute atomic E-state index is 0.286. The molecule has 1 atom stereocenters. The van der Waals surface area contributed by atoms with E-state index in [9.17, 15) is 9.18 Å². The second-order valence-corrected chi connectivity index (χ2v) is 4.69. The van der Waals surface area contributed by atoms with E-state index in [1.54, 1.807) is 37.3 Å². The van der Waals surface area contributed by atoms with Gasteiger partial charge in [-0.25, -0.2) is 9.37 Å². The Kier molecular flexibility index (Phi) is 4.87. The third kappa shape index (κ3) is 4.02. The van der Waals surface area contributed by atoms with E-state index in [0.717, 1.165) is 6.54 Å². The van der Waals surface area contributed by atoms with E-state index in [2.05, 4.69) is 15.6 Å². The number of rotatable bonds is 5. The van der Waals surface area contributed by atoms with Gasteiger partial charge in [-0.05, 0) is 43.7 Å². The molecule has 0 spiro atoms. The van der Waals surface area contributed by atoms with Crippen LogP contribution < -0.4 is 10.6 Å². The zero-order chi connectivity index (χ0) is 15.2. The third-order valence-electron chi connectivity index (χ3n) is 3.04. The molecule has 0 aliphatic heterocycles. The minimum Gasteiger partial charge on any atom is -0.370 e. The molecule has 5 heteroatoms. The summed E-state index contributed by atoms with van der Waals surface area (Å²) in [6.07, 6.45) is 0. The lowest BCUT2D eigenvalue weighted by Gasteiger charge is -2.14. The molecule has 1 amide bonds. The van der Waals surface area contributed by atoms with Crippen molar-refractivity contribution in [2.24, 2.45) is 0 Å². The zero-order valence-corrected chi connectivity index (χ0v) is 12.1. The predicted molar refractivity (Wildman–Crippen MR) is 80.7 cm³/mol. The van der Waals surface area contributed by atoms with Crippen LogP contribution in [0.2, 0.25) is 0 Å². The highest BCUT2D eigenvalue weighted by Gasteiger charge is 2.13. The summed E-state index contributed by atoms with van der Waals surface area (Å²) >= 11 is 0. The van der Waals surface area contributed by atoms with Crippen molar-refractivity contribution >= 4 is 11.7 Å². The largest absolute Gasteiger partial charge is 0.370 e. The summed E-state index contributed by atoms with van der Waals surface area (Å²) in [5.41, 5.74) is 1.04. The van der Waals surface area contributed by atoms with Crippen molar-refractivity contribution in [3.63, 3.8) is 0 Å². The predicted octanol–water partition coefficient (Wildman–Crippen LogP) is 3.14. The fourth-order valence-corrected chi connectivity index (χ4v) is 1.97. The molecule has 2 rings (SSSR count). The molecule has 0 saturated heterocycles. The summed E-state index contributed by atoms with van der Waals surface area (Å²) in [5.74, 6) is 0.0518. The van der Waals surface area contributed by atoms with E-state index in [-0.39, 0.29) is 17.8 Å². The lowest BCUT2D eigenvalue weighted by atomic mass is 10.1. The van der Waals surface area contributed by atoms with Crippen LogP contribution in [0.5, 0.6) is 0 Å². The molecule has 2 N–H and O–H groups in total. The van der Waals surface area contributed by atoms with Gasteiger partial charge in [0.25, 0.3) is 5.91 Å². The SMILES string of the molecule is CCNc1cccc(C(=O)NC(C)c2cccc(F)c2)n1. The van der Waals surface area contributed by atoms with Gasteiger partial charge in [-0.15, -0.1) is 0 Å². The van der Waals surface area contributed by atoms with Crippen LogP contribution in [0.15, 0.2) is 42.5 Å². The molecule has 21 heavy (non-hydrogen) atoms. The Bertz CT molecular complexity index is 630. The van der Waals surface area contributed by atoms with E-state index in [1.165, 1.54) is 12.1 Å². The number of aromatic nitrogens is 1. The number of nitrogens with zero attached hydrogens (tertiary/aromatic N) is 1. The highest BCUT2D eigenvalue weighted by molar-refractivity contribution is 5.92. The number of nitrogens with one attached hydrogen (secondary N) is 2. The lowest BCUT2D eigenvalue weighted by Crippen LogP contribution is -2.27. The normalized spacial score (nSPS) is 11.8. The second-order valence-electron chi connectivity index (χ2n) is 4.69. The first-order valence-corrected chi connectivity index (χ1v) is 6.87. The standard InChI is InChI=1S/C16H18FN3O/c1-3-18-15-9-5-8-14(20-15)16(21)19-11(2)12-6-4-7-13(17)10-12/h4-11H,3H2,1-2H3,(H,18,20)(H,19,21). The number of benzene rings is 1. The Morgan fingerprint density at radius 1 is 1.29 bits per heavy atom. The third-order valence-corrected chi connectivity index (χ3v) is 3.04. The number of carbonyl (C=O) groups is 1. The quantitative estimate of drug-likeness (QED) is 0.888. The van der Waals surface area contributed by atoms with E-state index in [4.69, 9.17) is 0 Å². The Hall–Kier alpha value is -2.43. The van der Waals surface area contributed by atoms with E-state index >= 15 is 0 Å². The maximum Gasteiger partial charge on any atom is 0.270 e. The van der Waals surface area contributed by atoms with Gasteiger partial charge in [0.05, 0.1) is 6.04 Å². The molecule has 0 fully saturated rings. The van der Waals surface area contributed by atoms with Crippen molar-refractivity contribution in [3.8, 4) is 0 Å². The van der Waals surface area contributed by atoms with Gasteiger partial charge in [-0.3, -0.25) is 4.79 Å². The molecule has 0 saturated carbocycles. The number of amides is 1. The molecule has 1 unspecified atom stereocenters. The first-order valence-electron chi connectivity index (χ1n) is 6.87. The van der Waals surface area contributed by atoms with Crippen molar-refractivity contribution in [3.05, 3.63) is 59.5 Å². The number of halogens is 1. The van der Waals surface area contributed by atoms with Crippen LogP contribution in [-0.4, -0.2) is 17.4 Å². The van der Waals surface area contributed by atoms with Crippen LogP contribution in [-0.2, 0) is 0 Å². The molecular weight excluding hydrogens is 269 g/mol. The Morgan fingerprint density at radius 2 is 2.05 bits per heavy atom. The summed E-state index contributed by atoms with van der Waals surface area (Å²) in [4.78, 5) is 16.4. The summed E-state index contributed by atoms with van der Waals surface area (Å²) < 4.78 is 13.2. The molecule has 4 nitrogen and oxygen atoms in total. The van der Waals surface area contributed by atoms with Gasteiger partial charge >= 0.3 is 0 Å². The van der Waals surface area contributed by atoms with Crippen molar-refractivity contribution in [2.45, 2.75) is 19.9 Å².